The van der Waals surface area contributed by atoms with E-state index in [0.29, 0.717) is 19.3 Å². The maximum atomic E-state index is 13.0. The molecule has 0 radical (unpaired) electrons. The molecule has 0 aliphatic heterocycles. The van der Waals surface area contributed by atoms with Gasteiger partial charge in [0.1, 0.15) is 0 Å². The summed E-state index contributed by atoms with van der Waals surface area (Å²) in [5.41, 5.74) is -1.09. The van der Waals surface area contributed by atoms with Crippen molar-refractivity contribution in [2.45, 2.75) is 64.7 Å². The van der Waals surface area contributed by atoms with Crippen LogP contribution in [-0.2, 0) is 4.79 Å². The van der Waals surface area contributed by atoms with Gasteiger partial charge in [0.05, 0.1) is 11.5 Å². The fraction of sp³-hybridized carbons (Fsp3) is 0.933. The molecule has 1 aliphatic rings. The van der Waals surface area contributed by atoms with Crippen molar-refractivity contribution in [3.63, 3.8) is 0 Å². The fourth-order valence-electron chi connectivity index (χ4n) is 3.20. The predicted octanol–water partition coefficient (Wildman–Crippen LogP) is 3.27. The van der Waals surface area contributed by atoms with Gasteiger partial charge in [0.2, 0.25) is 5.91 Å². The molecule has 3 atom stereocenters. The van der Waals surface area contributed by atoms with E-state index in [9.17, 15) is 23.1 Å². The largest absolute Gasteiger partial charge is 0.392 e. The average molecular weight is 309 g/mol. The van der Waals surface area contributed by atoms with Gasteiger partial charge >= 0.3 is 6.18 Å². The molecule has 0 bridgehead atoms. The zero-order valence-corrected chi connectivity index (χ0v) is 13.0. The van der Waals surface area contributed by atoms with Gasteiger partial charge in [-0.25, -0.2) is 0 Å². The highest BCUT2D eigenvalue weighted by Crippen LogP contribution is 2.41. The van der Waals surface area contributed by atoms with Crippen molar-refractivity contribution in [3.8, 4) is 0 Å². The number of halogens is 3. The third kappa shape index (κ3) is 5.85. The Morgan fingerprint density at radius 3 is 2.38 bits per heavy atom. The number of amides is 1. The summed E-state index contributed by atoms with van der Waals surface area (Å²) in [4.78, 5) is 12.1. The van der Waals surface area contributed by atoms with E-state index in [4.69, 9.17) is 0 Å². The van der Waals surface area contributed by atoms with Crippen molar-refractivity contribution in [2.24, 2.45) is 17.8 Å². The topological polar surface area (TPSA) is 49.3 Å². The number of alkyl halides is 3. The molecular formula is C15H26F3NO2. The quantitative estimate of drug-likeness (QED) is 0.819. The van der Waals surface area contributed by atoms with Crippen molar-refractivity contribution >= 4 is 5.91 Å². The summed E-state index contributed by atoms with van der Waals surface area (Å²) in [5, 5.41) is 12.6. The Morgan fingerprint density at radius 2 is 1.86 bits per heavy atom. The summed E-state index contributed by atoms with van der Waals surface area (Å²) < 4.78 is 38.9. The summed E-state index contributed by atoms with van der Waals surface area (Å²) in [6.45, 7) is 5.47. The van der Waals surface area contributed by atoms with Crippen LogP contribution in [0.5, 0.6) is 0 Å². The van der Waals surface area contributed by atoms with E-state index >= 15 is 0 Å². The van der Waals surface area contributed by atoms with Crippen molar-refractivity contribution in [3.05, 3.63) is 0 Å². The molecule has 0 heterocycles. The Hall–Kier alpha value is -0.780. The highest BCUT2D eigenvalue weighted by Gasteiger charge is 2.48. The van der Waals surface area contributed by atoms with Crippen LogP contribution in [0.25, 0.3) is 0 Å². The first-order valence-electron chi connectivity index (χ1n) is 7.60. The summed E-state index contributed by atoms with van der Waals surface area (Å²) in [5.74, 6) is -2.91. The number of aliphatic hydroxyl groups is 1. The number of carbonyl (C=O) groups is 1. The molecule has 0 aromatic heterocycles. The van der Waals surface area contributed by atoms with Crippen LogP contribution in [0.1, 0.15) is 52.9 Å². The number of hydrogen-bond acceptors (Lipinski definition) is 2. The third-order valence-corrected chi connectivity index (χ3v) is 4.01. The van der Waals surface area contributed by atoms with Crippen LogP contribution < -0.4 is 5.32 Å². The molecule has 3 nitrogen and oxygen atoms in total. The number of rotatable bonds is 5. The van der Waals surface area contributed by atoms with Gasteiger partial charge in [-0.1, -0.05) is 26.7 Å². The Bertz CT molecular complexity index is 353. The smallest absolute Gasteiger partial charge is 0.388 e. The Morgan fingerprint density at radius 1 is 1.29 bits per heavy atom. The second-order valence-electron chi connectivity index (χ2n) is 6.85. The van der Waals surface area contributed by atoms with Crippen molar-refractivity contribution in [2.75, 3.05) is 6.54 Å². The van der Waals surface area contributed by atoms with Gasteiger partial charge in [0.25, 0.3) is 0 Å². The molecule has 2 N–H and O–H groups in total. The van der Waals surface area contributed by atoms with Crippen LogP contribution in [0.15, 0.2) is 0 Å². The SMILES string of the molecule is CC(C)CC(C)(O)CNC(=O)C1CCCCC1C(F)(F)F. The van der Waals surface area contributed by atoms with Gasteiger partial charge in [-0.05, 0) is 32.1 Å². The van der Waals surface area contributed by atoms with E-state index in [0.717, 1.165) is 0 Å². The van der Waals surface area contributed by atoms with E-state index in [1.165, 1.54) is 0 Å². The molecule has 0 saturated heterocycles. The monoisotopic (exact) mass is 309 g/mol. The van der Waals surface area contributed by atoms with Crippen LogP contribution in [0.2, 0.25) is 0 Å². The molecule has 3 unspecified atom stereocenters. The summed E-state index contributed by atoms with van der Waals surface area (Å²) in [6.07, 6.45) is -2.40. The number of carbonyl (C=O) groups excluding carboxylic acids is 1. The molecule has 124 valence electrons. The lowest BCUT2D eigenvalue weighted by atomic mass is 9.78. The maximum absolute atomic E-state index is 13.0. The van der Waals surface area contributed by atoms with Gasteiger partial charge in [-0.15, -0.1) is 0 Å². The van der Waals surface area contributed by atoms with Crippen LogP contribution in [0.3, 0.4) is 0 Å². The lowest BCUT2D eigenvalue weighted by Crippen LogP contribution is -2.47. The highest BCUT2D eigenvalue weighted by molar-refractivity contribution is 5.79. The molecule has 1 aliphatic carbocycles. The highest BCUT2D eigenvalue weighted by atomic mass is 19.4. The molecule has 1 amide bonds. The number of nitrogens with one attached hydrogen (secondary N) is 1. The van der Waals surface area contributed by atoms with Crippen LogP contribution in [-0.4, -0.2) is 29.3 Å². The minimum Gasteiger partial charge on any atom is -0.388 e. The molecule has 1 fully saturated rings. The summed E-state index contributed by atoms with van der Waals surface area (Å²) in [6, 6.07) is 0. The molecule has 1 saturated carbocycles. The second-order valence-corrected chi connectivity index (χ2v) is 6.85. The van der Waals surface area contributed by atoms with E-state index in [1.807, 2.05) is 13.8 Å². The van der Waals surface area contributed by atoms with Crippen LogP contribution in [0.4, 0.5) is 13.2 Å². The Labute approximate surface area is 124 Å². The molecule has 0 spiro atoms. The van der Waals surface area contributed by atoms with E-state index in [1.54, 1.807) is 6.92 Å². The van der Waals surface area contributed by atoms with E-state index in [2.05, 4.69) is 5.32 Å². The third-order valence-electron chi connectivity index (χ3n) is 4.01. The lowest BCUT2D eigenvalue weighted by molar-refractivity contribution is -0.198. The van der Waals surface area contributed by atoms with Gasteiger partial charge < -0.3 is 10.4 Å². The average Bonchev–Trinajstić information content (AvgIpc) is 2.33. The molecule has 6 heteroatoms. The summed E-state index contributed by atoms with van der Waals surface area (Å²) >= 11 is 0. The minimum absolute atomic E-state index is 0.00884. The fourth-order valence-corrected chi connectivity index (χ4v) is 3.20. The van der Waals surface area contributed by atoms with Crippen LogP contribution in [0, 0.1) is 17.8 Å². The maximum Gasteiger partial charge on any atom is 0.392 e. The first-order valence-corrected chi connectivity index (χ1v) is 7.60. The van der Waals surface area contributed by atoms with Crippen molar-refractivity contribution < 1.29 is 23.1 Å². The minimum atomic E-state index is -4.33. The van der Waals surface area contributed by atoms with Crippen molar-refractivity contribution in [1.82, 2.24) is 5.32 Å². The van der Waals surface area contributed by atoms with Crippen molar-refractivity contribution in [1.29, 1.82) is 0 Å². The molecule has 21 heavy (non-hydrogen) atoms. The van der Waals surface area contributed by atoms with Gasteiger partial charge in [-0.2, -0.15) is 13.2 Å². The molecule has 1 rings (SSSR count). The Kier molecular flexibility index (Phi) is 6.08. The van der Waals surface area contributed by atoms with Gasteiger partial charge in [0.15, 0.2) is 0 Å². The number of hydrogen-bond donors (Lipinski definition) is 2. The molecule has 0 aromatic carbocycles. The molecule has 0 aromatic rings. The predicted molar refractivity (Wildman–Crippen MR) is 74.6 cm³/mol. The van der Waals surface area contributed by atoms with Gasteiger partial charge in [-0.3, -0.25) is 4.79 Å². The molecular weight excluding hydrogens is 283 g/mol. The first kappa shape index (κ1) is 18.3. The van der Waals surface area contributed by atoms with E-state index < -0.39 is 29.5 Å². The van der Waals surface area contributed by atoms with Crippen LogP contribution >= 0.6 is 0 Å². The normalized spacial score (nSPS) is 26.5. The standard InChI is InChI=1S/C15H26F3NO2/c1-10(2)8-14(3,21)9-19-13(20)11-6-4-5-7-12(11)15(16,17)18/h10-12,21H,4-9H2,1-3H3,(H,19,20). The zero-order chi connectivity index (χ0) is 16.3. The Balaban J connectivity index is 2.61. The lowest BCUT2D eigenvalue weighted by Gasteiger charge is -2.33. The first-order chi connectivity index (χ1) is 9.53. The second kappa shape index (κ2) is 6.99. The van der Waals surface area contributed by atoms with E-state index in [-0.39, 0.29) is 25.3 Å². The summed E-state index contributed by atoms with van der Waals surface area (Å²) in [7, 11) is 0. The zero-order valence-electron chi connectivity index (χ0n) is 13.0. The van der Waals surface area contributed by atoms with Gasteiger partial charge in [0, 0.05) is 12.5 Å².